The van der Waals surface area contributed by atoms with Gasteiger partial charge in [0.2, 0.25) is 5.91 Å². The van der Waals surface area contributed by atoms with Crippen LogP contribution >= 0.6 is 0 Å². The molecule has 0 saturated carbocycles. The standard InChI is InChI=1S/C17H21N3O2/c1-11-5-6-13-9-16(19-15(13)8-11)17(22)20-7-3-4-14(10-20)18-12(2)21/h5-6,8-9,14,19H,3-4,7,10H2,1-2H3,(H,18,21)/t14-/m1/s1. The molecule has 3 rings (SSSR count). The zero-order chi connectivity index (χ0) is 15.7. The number of benzene rings is 1. The van der Waals surface area contributed by atoms with E-state index in [9.17, 15) is 9.59 Å². The minimum Gasteiger partial charge on any atom is -0.352 e. The first kappa shape index (κ1) is 14.6. The number of amides is 2. The fourth-order valence-electron chi connectivity index (χ4n) is 3.09. The van der Waals surface area contributed by atoms with E-state index in [0.29, 0.717) is 12.2 Å². The Kier molecular flexibility index (Phi) is 3.88. The molecular formula is C17H21N3O2. The van der Waals surface area contributed by atoms with Crippen molar-refractivity contribution in [2.75, 3.05) is 13.1 Å². The maximum absolute atomic E-state index is 12.7. The molecule has 1 atom stereocenters. The molecule has 5 nitrogen and oxygen atoms in total. The predicted octanol–water partition coefficient (Wildman–Crippen LogP) is 2.22. The van der Waals surface area contributed by atoms with Crippen LogP contribution < -0.4 is 5.32 Å². The van der Waals surface area contributed by atoms with Gasteiger partial charge in [-0.1, -0.05) is 12.1 Å². The van der Waals surface area contributed by atoms with E-state index in [0.717, 1.165) is 35.9 Å². The Hall–Kier alpha value is -2.30. The molecule has 0 unspecified atom stereocenters. The van der Waals surface area contributed by atoms with E-state index in [-0.39, 0.29) is 17.9 Å². The van der Waals surface area contributed by atoms with Gasteiger partial charge < -0.3 is 15.2 Å². The number of carbonyl (C=O) groups is 2. The molecule has 2 aromatic rings. The third kappa shape index (κ3) is 2.98. The van der Waals surface area contributed by atoms with E-state index in [1.807, 2.05) is 36.1 Å². The summed E-state index contributed by atoms with van der Waals surface area (Å²) in [4.78, 5) is 28.9. The van der Waals surface area contributed by atoms with Crippen LogP contribution in [0.4, 0.5) is 0 Å². The lowest BCUT2D eigenvalue weighted by molar-refractivity contribution is -0.120. The maximum Gasteiger partial charge on any atom is 0.270 e. The van der Waals surface area contributed by atoms with Gasteiger partial charge in [-0.2, -0.15) is 0 Å². The SMILES string of the molecule is CC(=O)N[C@@H]1CCCN(C(=O)c2cc3ccc(C)cc3[nH]2)C1. The highest BCUT2D eigenvalue weighted by atomic mass is 16.2. The van der Waals surface area contributed by atoms with E-state index < -0.39 is 0 Å². The molecule has 0 spiro atoms. The Morgan fingerprint density at radius 2 is 2.14 bits per heavy atom. The quantitative estimate of drug-likeness (QED) is 0.893. The largest absolute Gasteiger partial charge is 0.352 e. The third-order valence-corrected chi connectivity index (χ3v) is 4.12. The molecule has 22 heavy (non-hydrogen) atoms. The lowest BCUT2D eigenvalue weighted by Gasteiger charge is -2.32. The fourth-order valence-corrected chi connectivity index (χ4v) is 3.09. The van der Waals surface area contributed by atoms with Crippen molar-refractivity contribution < 1.29 is 9.59 Å². The zero-order valence-electron chi connectivity index (χ0n) is 13.0. The molecule has 2 N–H and O–H groups in total. The van der Waals surface area contributed by atoms with Crippen molar-refractivity contribution in [3.05, 3.63) is 35.5 Å². The van der Waals surface area contributed by atoms with Crippen LogP contribution in [0.5, 0.6) is 0 Å². The first-order chi connectivity index (χ1) is 10.5. The summed E-state index contributed by atoms with van der Waals surface area (Å²) in [6, 6.07) is 8.07. The van der Waals surface area contributed by atoms with Crippen molar-refractivity contribution in [3.63, 3.8) is 0 Å². The van der Waals surface area contributed by atoms with E-state index in [2.05, 4.69) is 10.3 Å². The number of nitrogens with zero attached hydrogens (tertiary/aromatic N) is 1. The van der Waals surface area contributed by atoms with Gasteiger partial charge in [0.1, 0.15) is 5.69 Å². The highest BCUT2D eigenvalue weighted by molar-refractivity contribution is 5.98. The maximum atomic E-state index is 12.7. The van der Waals surface area contributed by atoms with Crippen molar-refractivity contribution in [2.45, 2.75) is 32.7 Å². The third-order valence-electron chi connectivity index (χ3n) is 4.12. The van der Waals surface area contributed by atoms with Crippen molar-refractivity contribution in [1.29, 1.82) is 0 Å². The normalized spacial score (nSPS) is 18.5. The summed E-state index contributed by atoms with van der Waals surface area (Å²) < 4.78 is 0. The van der Waals surface area contributed by atoms with Gasteiger partial charge in [-0.15, -0.1) is 0 Å². The fraction of sp³-hybridized carbons (Fsp3) is 0.412. The number of aromatic amines is 1. The second kappa shape index (κ2) is 5.83. The number of fused-ring (bicyclic) bond motifs is 1. The molecule has 1 aromatic carbocycles. The smallest absolute Gasteiger partial charge is 0.270 e. The Balaban J connectivity index is 1.78. The Labute approximate surface area is 129 Å². The number of aromatic nitrogens is 1. The van der Waals surface area contributed by atoms with E-state index in [1.54, 1.807) is 0 Å². The van der Waals surface area contributed by atoms with Crippen LogP contribution in [-0.4, -0.2) is 40.8 Å². The summed E-state index contributed by atoms with van der Waals surface area (Å²) in [7, 11) is 0. The van der Waals surface area contributed by atoms with Gasteiger partial charge in [-0.05, 0) is 37.5 Å². The van der Waals surface area contributed by atoms with Crippen LogP contribution in [0.3, 0.4) is 0 Å². The Morgan fingerprint density at radius 3 is 2.91 bits per heavy atom. The lowest BCUT2D eigenvalue weighted by atomic mass is 10.1. The Bertz CT molecular complexity index is 720. The molecule has 1 aromatic heterocycles. The van der Waals surface area contributed by atoms with Gasteiger partial charge in [0, 0.05) is 37.0 Å². The van der Waals surface area contributed by atoms with Gasteiger partial charge in [-0.25, -0.2) is 0 Å². The molecule has 1 saturated heterocycles. The van der Waals surface area contributed by atoms with E-state index >= 15 is 0 Å². The number of aryl methyl sites for hydroxylation is 1. The summed E-state index contributed by atoms with van der Waals surface area (Å²) >= 11 is 0. The molecule has 1 aliphatic rings. The molecule has 2 amide bonds. The molecule has 0 bridgehead atoms. The molecule has 5 heteroatoms. The number of carbonyl (C=O) groups excluding carboxylic acids is 2. The van der Waals surface area contributed by atoms with Crippen LogP contribution in [-0.2, 0) is 4.79 Å². The predicted molar refractivity (Wildman–Crippen MR) is 85.8 cm³/mol. The van der Waals surface area contributed by atoms with Crippen molar-refractivity contribution >= 4 is 22.7 Å². The molecule has 0 aliphatic carbocycles. The van der Waals surface area contributed by atoms with Gasteiger partial charge in [0.25, 0.3) is 5.91 Å². The van der Waals surface area contributed by atoms with Crippen LogP contribution in [0.2, 0.25) is 0 Å². The number of hydrogen-bond acceptors (Lipinski definition) is 2. The summed E-state index contributed by atoms with van der Waals surface area (Å²) in [5.41, 5.74) is 2.76. The average molecular weight is 299 g/mol. The number of likely N-dealkylation sites (tertiary alicyclic amines) is 1. The van der Waals surface area contributed by atoms with E-state index in [4.69, 9.17) is 0 Å². The highest BCUT2D eigenvalue weighted by Crippen LogP contribution is 2.19. The minimum atomic E-state index is -0.0413. The molecule has 116 valence electrons. The zero-order valence-corrected chi connectivity index (χ0v) is 13.0. The monoisotopic (exact) mass is 299 g/mol. The van der Waals surface area contributed by atoms with Gasteiger partial charge in [0.15, 0.2) is 0 Å². The Morgan fingerprint density at radius 1 is 1.32 bits per heavy atom. The molecule has 1 aliphatic heterocycles. The number of rotatable bonds is 2. The summed E-state index contributed by atoms with van der Waals surface area (Å²) in [6.45, 7) is 4.86. The van der Waals surface area contributed by atoms with Crippen molar-refractivity contribution in [1.82, 2.24) is 15.2 Å². The van der Waals surface area contributed by atoms with Gasteiger partial charge >= 0.3 is 0 Å². The molecule has 1 fully saturated rings. The second-order valence-electron chi connectivity index (χ2n) is 6.06. The first-order valence-corrected chi connectivity index (χ1v) is 7.68. The number of piperidine rings is 1. The van der Waals surface area contributed by atoms with Crippen LogP contribution in [0.1, 0.15) is 35.8 Å². The molecule has 2 heterocycles. The summed E-state index contributed by atoms with van der Waals surface area (Å²) in [5, 5.41) is 3.95. The van der Waals surface area contributed by atoms with Crippen LogP contribution in [0.25, 0.3) is 10.9 Å². The first-order valence-electron chi connectivity index (χ1n) is 7.68. The molecule has 0 radical (unpaired) electrons. The van der Waals surface area contributed by atoms with Crippen molar-refractivity contribution in [2.24, 2.45) is 0 Å². The van der Waals surface area contributed by atoms with E-state index in [1.165, 1.54) is 6.92 Å². The minimum absolute atomic E-state index is 0.00362. The van der Waals surface area contributed by atoms with Crippen LogP contribution in [0.15, 0.2) is 24.3 Å². The summed E-state index contributed by atoms with van der Waals surface area (Å²) in [5.74, 6) is -0.0377. The van der Waals surface area contributed by atoms with Crippen LogP contribution in [0, 0.1) is 6.92 Å². The average Bonchev–Trinajstić information content (AvgIpc) is 2.89. The second-order valence-corrected chi connectivity index (χ2v) is 6.06. The van der Waals surface area contributed by atoms with Crippen molar-refractivity contribution in [3.8, 4) is 0 Å². The molecular weight excluding hydrogens is 278 g/mol. The highest BCUT2D eigenvalue weighted by Gasteiger charge is 2.25. The van der Waals surface area contributed by atoms with Gasteiger partial charge in [-0.3, -0.25) is 9.59 Å². The topological polar surface area (TPSA) is 65.2 Å². The number of hydrogen-bond donors (Lipinski definition) is 2. The number of nitrogens with one attached hydrogen (secondary N) is 2. The summed E-state index contributed by atoms with van der Waals surface area (Å²) in [6.07, 6.45) is 1.84. The van der Waals surface area contributed by atoms with Gasteiger partial charge in [0.05, 0.1) is 0 Å². The number of H-pyrrole nitrogens is 1. The lowest BCUT2D eigenvalue weighted by Crippen LogP contribution is -2.49.